The molecule has 0 spiro atoms. The topological polar surface area (TPSA) is 52.6 Å². The molecule has 0 aromatic heterocycles. The zero-order valence-corrected chi connectivity index (χ0v) is 11.6. The molecule has 4 heteroatoms. The number of allylic oxidation sites excluding steroid dienone is 2. The highest BCUT2D eigenvalue weighted by molar-refractivity contribution is 5.66. The van der Waals surface area contributed by atoms with Gasteiger partial charge in [-0.1, -0.05) is 11.6 Å². The molecule has 0 aromatic carbocycles. The Bertz CT molecular complexity index is 336. The number of hydrogen-bond acceptors (Lipinski definition) is 4. The van der Waals surface area contributed by atoms with Crippen molar-refractivity contribution in [3.8, 4) is 0 Å². The van der Waals surface area contributed by atoms with Crippen molar-refractivity contribution in [2.75, 3.05) is 13.2 Å². The molecule has 0 saturated heterocycles. The number of carbonyl (C=O) groups is 2. The van der Waals surface area contributed by atoms with Crippen LogP contribution in [0.25, 0.3) is 0 Å². The Balaban J connectivity index is 4.26. The highest BCUT2D eigenvalue weighted by Crippen LogP contribution is 2.08. The summed E-state index contributed by atoms with van der Waals surface area (Å²) in [5.74, 6) is -0.627. The van der Waals surface area contributed by atoms with E-state index in [9.17, 15) is 9.59 Å². The van der Waals surface area contributed by atoms with Crippen LogP contribution >= 0.6 is 0 Å². The zero-order chi connectivity index (χ0) is 14.0. The van der Waals surface area contributed by atoms with Crippen molar-refractivity contribution in [2.45, 2.75) is 40.5 Å². The molecular weight excluding hydrogens is 232 g/mol. The standard InChI is InChI=1S/C14H22O4/c1-11(2)6-5-7-14(10-18-13(4)16)8-9-17-12(3)15/h6,8H,5,7,9-10H2,1-4H3. The molecule has 0 radical (unpaired) electrons. The Morgan fingerprint density at radius 1 is 0.944 bits per heavy atom. The smallest absolute Gasteiger partial charge is 0.302 e. The van der Waals surface area contributed by atoms with Gasteiger partial charge in [0.05, 0.1) is 0 Å². The fourth-order valence-corrected chi connectivity index (χ4v) is 1.25. The number of ether oxygens (including phenoxy) is 2. The summed E-state index contributed by atoms with van der Waals surface area (Å²) in [7, 11) is 0. The zero-order valence-electron chi connectivity index (χ0n) is 11.6. The average molecular weight is 254 g/mol. The summed E-state index contributed by atoms with van der Waals surface area (Å²) in [6.45, 7) is 7.29. The van der Waals surface area contributed by atoms with Crippen molar-refractivity contribution in [3.05, 3.63) is 23.3 Å². The van der Waals surface area contributed by atoms with Gasteiger partial charge in [-0.3, -0.25) is 9.59 Å². The minimum atomic E-state index is -0.317. The van der Waals surface area contributed by atoms with Gasteiger partial charge in [-0.2, -0.15) is 0 Å². The van der Waals surface area contributed by atoms with E-state index in [0.717, 1.165) is 18.4 Å². The van der Waals surface area contributed by atoms with Gasteiger partial charge in [-0.25, -0.2) is 0 Å². The predicted molar refractivity (Wildman–Crippen MR) is 70.0 cm³/mol. The predicted octanol–water partition coefficient (Wildman–Crippen LogP) is 2.79. The fraction of sp³-hybridized carbons (Fsp3) is 0.571. The quantitative estimate of drug-likeness (QED) is 0.518. The molecule has 0 heterocycles. The summed E-state index contributed by atoms with van der Waals surface area (Å²) in [5.41, 5.74) is 2.21. The lowest BCUT2D eigenvalue weighted by atomic mass is 10.1. The van der Waals surface area contributed by atoms with Crippen LogP contribution in [0.4, 0.5) is 0 Å². The number of rotatable bonds is 7. The third-order valence-electron chi connectivity index (χ3n) is 2.14. The molecule has 18 heavy (non-hydrogen) atoms. The first-order valence-electron chi connectivity index (χ1n) is 5.99. The van der Waals surface area contributed by atoms with Crippen molar-refractivity contribution < 1.29 is 19.1 Å². The summed E-state index contributed by atoms with van der Waals surface area (Å²) in [6.07, 6.45) is 5.59. The van der Waals surface area contributed by atoms with E-state index in [1.165, 1.54) is 19.4 Å². The Hall–Kier alpha value is -1.58. The molecule has 0 aromatic rings. The van der Waals surface area contributed by atoms with Gasteiger partial charge in [0.2, 0.25) is 0 Å². The SMILES string of the molecule is CC(=O)OCC=C(CCC=C(C)C)COC(C)=O. The normalized spacial score (nSPS) is 10.8. The molecule has 0 saturated carbocycles. The maximum Gasteiger partial charge on any atom is 0.302 e. The van der Waals surface area contributed by atoms with E-state index in [0.29, 0.717) is 0 Å². The molecule has 0 rings (SSSR count). The monoisotopic (exact) mass is 254 g/mol. The lowest BCUT2D eigenvalue weighted by molar-refractivity contribution is -0.141. The molecule has 0 atom stereocenters. The molecule has 102 valence electrons. The molecule has 4 nitrogen and oxygen atoms in total. The van der Waals surface area contributed by atoms with Crippen LogP contribution in [0.5, 0.6) is 0 Å². The summed E-state index contributed by atoms with van der Waals surface area (Å²) < 4.78 is 9.79. The first-order valence-corrected chi connectivity index (χ1v) is 5.99. The Morgan fingerprint density at radius 2 is 1.56 bits per heavy atom. The number of hydrogen-bond donors (Lipinski definition) is 0. The summed E-state index contributed by atoms with van der Waals surface area (Å²) in [5, 5.41) is 0. The van der Waals surface area contributed by atoms with Gasteiger partial charge in [0, 0.05) is 13.8 Å². The maximum atomic E-state index is 10.8. The van der Waals surface area contributed by atoms with Crippen molar-refractivity contribution in [2.24, 2.45) is 0 Å². The van der Waals surface area contributed by atoms with Gasteiger partial charge in [0.15, 0.2) is 0 Å². The molecule has 0 aliphatic rings. The number of esters is 2. The van der Waals surface area contributed by atoms with Crippen LogP contribution in [0.15, 0.2) is 23.3 Å². The van der Waals surface area contributed by atoms with Gasteiger partial charge in [0.25, 0.3) is 0 Å². The van der Waals surface area contributed by atoms with Crippen LogP contribution in [0.2, 0.25) is 0 Å². The molecule has 0 aliphatic heterocycles. The summed E-state index contributed by atoms with van der Waals surface area (Å²) in [4.78, 5) is 21.4. The highest BCUT2D eigenvalue weighted by atomic mass is 16.5. The molecule has 0 fully saturated rings. The van der Waals surface area contributed by atoms with E-state index in [-0.39, 0.29) is 25.2 Å². The maximum absolute atomic E-state index is 10.8. The lowest BCUT2D eigenvalue weighted by Gasteiger charge is -2.07. The van der Waals surface area contributed by atoms with Crippen molar-refractivity contribution in [1.29, 1.82) is 0 Å². The molecule has 0 unspecified atom stereocenters. The largest absolute Gasteiger partial charge is 0.462 e. The Kier molecular flexibility index (Phi) is 8.62. The first kappa shape index (κ1) is 16.4. The van der Waals surface area contributed by atoms with Gasteiger partial charge >= 0.3 is 11.9 Å². The van der Waals surface area contributed by atoms with Crippen LogP contribution < -0.4 is 0 Å². The average Bonchev–Trinajstić information content (AvgIpc) is 2.24. The molecule has 0 amide bonds. The molecule has 0 N–H and O–H groups in total. The first-order chi connectivity index (χ1) is 8.41. The van der Waals surface area contributed by atoms with E-state index < -0.39 is 0 Å². The third-order valence-corrected chi connectivity index (χ3v) is 2.14. The fourth-order valence-electron chi connectivity index (χ4n) is 1.25. The van der Waals surface area contributed by atoms with Crippen LogP contribution in [0.3, 0.4) is 0 Å². The van der Waals surface area contributed by atoms with Crippen LogP contribution in [-0.2, 0) is 19.1 Å². The van der Waals surface area contributed by atoms with E-state index in [4.69, 9.17) is 9.47 Å². The molecule has 0 aliphatic carbocycles. The van der Waals surface area contributed by atoms with E-state index in [1.54, 1.807) is 6.08 Å². The van der Waals surface area contributed by atoms with Crippen LogP contribution in [0.1, 0.15) is 40.5 Å². The second kappa shape index (κ2) is 9.45. The van der Waals surface area contributed by atoms with Gasteiger partial charge in [-0.05, 0) is 38.3 Å². The van der Waals surface area contributed by atoms with Crippen LogP contribution in [0, 0.1) is 0 Å². The van der Waals surface area contributed by atoms with Gasteiger partial charge in [-0.15, -0.1) is 0 Å². The second-order valence-corrected chi connectivity index (χ2v) is 4.27. The highest BCUT2D eigenvalue weighted by Gasteiger charge is 2.01. The second-order valence-electron chi connectivity index (χ2n) is 4.27. The molecule has 0 bridgehead atoms. The minimum Gasteiger partial charge on any atom is -0.462 e. The summed E-state index contributed by atoms with van der Waals surface area (Å²) >= 11 is 0. The third kappa shape index (κ3) is 10.9. The van der Waals surface area contributed by atoms with Crippen molar-refractivity contribution in [1.82, 2.24) is 0 Å². The Morgan fingerprint density at radius 3 is 2.06 bits per heavy atom. The van der Waals surface area contributed by atoms with Crippen molar-refractivity contribution in [3.63, 3.8) is 0 Å². The van der Waals surface area contributed by atoms with Gasteiger partial charge < -0.3 is 9.47 Å². The van der Waals surface area contributed by atoms with Gasteiger partial charge in [0.1, 0.15) is 13.2 Å². The number of carbonyl (C=O) groups excluding carboxylic acids is 2. The minimum absolute atomic E-state index is 0.223. The molecular formula is C14H22O4. The van der Waals surface area contributed by atoms with Crippen LogP contribution in [-0.4, -0.2) is 25.2 Å². The van der Waals surface area contributed by atoms with E-state index >= 15 is 0 Å². The van der Waals surface area contributed by atoms with Crippen molar-refractivity contribution >= 4 is 11.9 Å². The van der Waals surface area contributed by atoms with E-state index in [1.807, 2.05) is 13.8 Å². The summed E-state index contributed by atoms with van der Waals surface area (Å²) in [6, 6.07) is 0. The lowest BCUT2D eigenvalue weighted by Crippen LogP contribution is -2.05. The van der Waals surface area contributed by atoms with E-state index in [2.05, 4.69) is 6.08 Å². The Labute approximate surface area is 109 Å².